The summed E-state index contributed by atoms with van der Waals surface area (Å²) in [5.74, 6) is 0.132. The molecule has 0 unspecified atom stereocenters. The van der Waals surface area contributed by atoms with Crippen molar-refractivity contribution in [3.63, 3.8) is 0 Å². The fraction of sp³-hybridized carbons (Fsp3) is 0.167. The molecule has 4 N–H and O–H groups in total. The number of H-pyrrole nitrogens is 1. The summed E-state index contributed by atoms with van der Waals surface area (Å²) in [4.78, 5) is 11.5. The van der Waals surface area contributed by atoms with Crippen LogP contribution in [0, 0.1) is 5.82 Å². The lowest BCUT2D eigenvalue weighted by Crippen LogP contribution is -2.02. The van der Waals surface area contributed by atoms with Crippen LogP contribution in [0.4, 0.5) is 21.7 Å². The van der Waals surface area contributed by atoms with Crippen molar-refractivity contribution in [2.75, 3.05) is 17.7 Å². The van der Waals surface area contributed by atoms with E-state index >= 15 is 0 Å². The van der Waals surface area contributed by atoms with Crippen molar-refractivity contribution in [1.29, 1.82) is 0 Å². The lowest BCUT2D eigenvalue weighted by atomic mass is 10.1. The number of nitrogen functional groups attached to an aromatic ring is 1. The van der Waals surface area contributed by atoms with Gasteiger partial charge in [0.25, 0.3) is 5.88 Å². The molecule has 3 heterocycles. The molecule has 0 fully saturated rings. The van der Waals surface area contributed by atoms with E-state index in [1.165, 1.54) is 0 Å². The van der Waals surface area contributed by atoms with Crippen LogP contribution in [0.3, 0.4) is 0 Å². The van der Waals surface area contributed by atoms with E-state index in [9.17, 15) is 4.39 Å². The van der Waals surface area contributed by atoms with Gasteiger partial charge in [-0.3, -0.25) is 4.68 Å². The zero-order chi connectivity index (χ0) is 19.0. The fourth-order valence-corrected chi connectivity index (χ4v) is 2.91. The second kappa shape index (κ2) is 6.60. The van der Waals surface area contributed by atoms with Gasteiger partial charge in [-0.05, 0) is 13.0 Å². The Labute approximate surface area is 154 Å². The Hall–Kier alpha value is -3.62. The predicted molar refractivity (Wildman–Crippen MR) is 101 cm³/mol. The van der Waals surface area contributed by atoms with E-state index in [0.717, 1.165) is 17.1 Å². The number of fused-ring (bicyclic) bond motifs is 1. The number of aryl methyl sites for hydroxylation is 1. The van der Waals surface area contributed by atoms with Crippen LogP contribution in [0.1, 0.15) is 6.92 Å². The highest BCUT2D eigenvalue weighted by atomic mass is 19.1. The Morgan fingerprint density at radius 1 is 1.37 bits per heavy atom. The molecular formula is C18H18FN7O. The van der Waals surface area contributed by atoms with Gasteiger partial charge in [-0.2, -0.15) is 0 Å². The number of aromatic nitrogens is 5. The fourth-order valence-electron chi connectivity index (χ4n) is 2.91. The summed E-state index contributed by atoms with van der Waals surface area (Å²) < 4.78 is 21.6. The molecule has 0 amide bonds. The summed E-state index contributed by atoms with van der Waals surface area (Å²) in [5, 5.41) is 8.04. The number of para-hydroxylation sites is 1. The smallest absolute Gasteiger partial charge is 0.256 e. The number of anilines is 3. The predicted octanol–water partition coefficient (Wildman–Crippen LogP) is 3.22. The number of nitrogens with zero attached hydrogens (tertiary/aromatic N) is 4. The van der Waals surface area contributed by atoms with E-state index in [4.69, 9.17) is 10.5 Å². The van der Waals surface area contributed by atoms with E-state index in [2.05, 4.69) is 25.4 Å². The highest BCUT2D eigenvalue weighted by molar-refractivity contribution is 6.00. The average molecular weight is 367 g/mol. The monoisotopic (exact) mass is 367 g/mol. The lowest BCUT2D eigenvalue weighted by molar-refractivity contribution is 0.324. The van der Waals surface area contributed by atoms with Crippen molar-refractivity contribution < 1.29 is 9.13 Å². The van der Waals surface area contributed by atoms with Gasteiger partial charge >= 0.3 is 0 Å². The normalized spacial score (nSPS) is 11.1. The van der Waals surface area contributed by atoms with Gasteiger partial charge in [0.05, 0.1) is 30.2 Å². The van der Waals surface area contributed by atoms with Crippen molar-refractivity contribution in [2.24, 2.45) is 7.05 Å². The van der Waals surface area contributed by atoms with E-state index in [1.807, 2.05) is 19.1 Å². The third-order valence-electron chi connectivity index (χ3n) is 4.07. The number of aromatic amines is 1. The molecule has 0 bridgehead atoms. The number of ether oxygens (including phenoxy) is 1. The molecule has 8 nitrogen and oxygen atoms in total. The molecule has 0 spiro atoms. The molecule has 0 aliphatic rings. The molecule has 1 aromatic carbocycles. The van der Waals surface area contributed by atoms with Gasteiger partial charge < -0.3 is 20.8 Å². The van der Waals surface area contributed by atoms with E-state index in [1.54, 1.807) is 30.2 Å². The van der Waals surface area contributed by atoms with Gasteiger partial charge in [-0.25, -0.2) is 14.4 Å². The number of hydrogen-bond donors (Lipinski definition) is 3. The van der Waals surface area contributed by atoms with Crippen LogP contribution in [-0.4, -0.2) is 31.3 Å². The highest BCUT2D eigenvalue weighted by Gasteiger charge is 2.16. The summed E-state index contributed by atoms with van der Waals surface area (Å²) in [6.45, 7) is 2.34. The largest absolute Gasteiger partial charge is 0.475 e. The number of rotatable bonds is 5. The van der Waals surface area contributed by atoms with Crippen molar-refractivity contribution in [1.82, 2.24) is 24.7 Å². The first kappa shape index (κ1) is 16.8. The third-order valence-corrected chi connectivity index (χ3v) is 4.07. The van der Waals surface area contributed by atoms with Gasteiger partial charge in [-0.15, -0.1) is 5.10 Å². The van der Waals surface area contributed by atoms with E-state index in [0.29, 0.717) is 29.4 Å². The molecule has 0 atom stereocenters. The lowest BCUT2D eigenvalue weighted by Gasteiger charge is -2.07. The minimum atomic E-state index is -0.528. The first-order valence-corrected chi connectivity index (χ1v) is 8.38. The van der Waals surface area contributed by atoms with Crippen LogP contribution in [0.5, 0.6) is 5.88 Å². The van der Waals surface area contributed by atoms with E-state index < -0.39 is 5.82 Å². The Bertz CT molecular complexity index is 1120. The van der Waals surface area contributed by atoms with Gasteiger partial charge in [0.2, 0.25) is 5.95 Å². The molecule has 0 saturated carbocycles. The first-order chi connectivity index (χ1) is 13.1. The summed E-state index contributed by atoms with van der Waals surface area (Å²) in [6, 6.07) is 5.46. The van der Waals surface area contributed by atoms with Gasteiger partial charge in [-0.1, -0.05) is 12.1 Å². The second-order valence-corrected chi connectivity index (χ2v) is 5.94. The Morgan fingerprint density at radius 2 is 2.22 bits per heavy atom. The van der Waals surface area contributed by atoms with Crippen LogP contribution in [-0.2, 0) is 7.05 Å². The molecule has 4 rings (SSSR count). The van der Waals surface area contributed by atoms with Crippen molar-refractivity contribution in [3.8, 4) is 17.1 Å². The summed E-state index contributed by atoms with van der Waals surface area (Å²) in [7, 11) is 1.78. The van der Waals surface area contributed by atoms with Crippen LogP contribution in [0.15, 0.2) is 36.8 Å². The van der Waals surface area contributed by atoms with Gasteiger partial charge in [0.15, 0.2) is 5.82 Å². The average Bonchev–Trinajstić information content (AvgIpc) is 3.22. The molecule has 3 aromatic heterocycles. The molecule has 0 aliphatic carbocycles. The van der Waals surface area contributed by atoms with E-state index in [-0.39, 0.29) is 11.6 Å². The van der Waals surface area contributed by atoms with Crippen LogP contribution in [0.2, 0.25) is 0 Å². The maximum atomic E-state index is 14.5. The topological polar surface area (TPSA) is 107 Å². The zero-order valence-electron chi connectivity index (χ0n) is 14.8. The number of hydrogen-bond acceptors (Lipinski definition) is 6. The third kappa shape index (κ3) is 3.03. The Balaban J connectivity index is 1.75. The summed E-state index contributed by atoms with van der Waals surface area (Å²) >= 11 is 0. The molecule has 0 aliphatic heterocycles. The second-order valence-electron chi connectivity index (χ2n) is 5.94. The van der Waals surface area contributed by atoms with Gasteiger partial charge in [0.1, 0.15) is 11.4 Å². The zero-order valence-corrected chi connectivity index (χ0v) is 14.8. The maximum absolute atomic E-state index is 14.5. The minimum absolute atomic E-state index is 0.172. The summed E-state index contributed by atoms with van der Waals surface area (Å²) in [6.07, 6.45) is 4.56. The first-order valence-electron chi connectivity index (χ1n) is 8.38. The van der Waals surface area contributed by atoms with Crippen molar-refractivity contribution in [2.45, 2.75) is 6.92 Å². The molecule has 138 valence electrons. The Kier molecular flexibility index (Phi) is 4.11. The van der Waals surface area contributed by atoms with Crippen LogP contribution >= 0.6 is 0 Å². The highest BCUT2D eigenvalue weighted by Crippen LogP contribution is 2.32. The van der Waals surface area contributed by atoms with Crippen molar-refractivity contribution in [3.05, 3.63) is 42.6 Å². The Morgan fingerprint density at radius 3 is 3.04 bits per heavy atom. The van der Waals surface area contributed by atoms with Crippen LogP contribution < -0.4 is 15.8 Å². The number of nitrogens with one attached hydrogen (secondary N) is 2. The van der Waals surface area contributed by atoms with Crippen LogP contribution in [0.25, 0.3) is 22.2 Å². The number of halogens is 1. The summed E-state index contributed by atoms with van der Waals surface area (Å²) in [5.41, 5.74) is 8.68. The quantitative estimate of drug-likeness (QED) is 0.468. The van der Waals surface area contributed by atoms with Gasteiger partial charge in [0, 0.05) is 24.2 Å². The molecule has 0 saturated heterocycles. The molecule has 4 aromatic rings. The molecule has 9 heteroatoms. The number of benzene rings is 1. The minimum Gasteiger partial charge on any atom is -0.475 e. The molecule has 0 radical (unpaired) electrons. The molecule has 27 heavy (non-hydrogen) atoms. The SMILES string of the molecule is CCOc1nn(C)cc1Nc1ncc(F)c(-c2c[nH]c3c(N)cccc23)n1. The maximum Gasteiger partial charge on any atom is 0.256 e. The molecular weight excluding hydrogens is 349 g/mol. The number of nitrogens with two attached hydrogens (primary N) is 1. The van der Waals surface area contributed by atoms with Crippen molar-refractivity contribution >= 4 is 28.2 Å². The standard InChI is InChI=1S/C18H18FN7O/c1-3-27-17-14(9-26(2)25-17)23-18-22-8-12(19)15(24-18)11-7-21-16-10(11)5-4-6-13(16)20/h4-9,21H,3,20H2,1-2H3,(H,22,23,24).